The van der Waals surface area contributed by atoms with Crippen LogP contribution in [-0.2, 0) is 7.05 Å². The average Bonchev–Trinajstić information content (AvgIpc) is 2.89. The van der Waals surface area contributed by atoms with Gasteiger partial charge in [0, 0.05) is 6.08 Å². The minimum absolute atomic E-state index is 0.143. The van der Waals surface area contributed by atoms with E-state index in [4.69, 9.17) is 9.47 Å². The van der Waals surface area contributed by atoms with Gasteiger partial charge >= 0.3 is 0 Å². The Hall–Kier alpha value is -2.53. The highest BCUT2D eigenvalue weighted by molar-refractivity contribution is 7.18. The molecule has 0 aliphatic carbocycles. The molecule has 0 aliphatic rings. The number of benzene rings is 2. The highest BCUT2D eigenvalue weighted by Gasteiger charge is 2.15. The summed E-state index contributed by atoms with van der Waals surface area (Å²) in [5.41, 5.74) is 2.10. The summed E-state index contributed by atoms with van der Waals surface area (Å²) in [6, 6.07) is 11.4. The Bertz CT molecular complexity index is 883. The molecule has 0 saturated carbocycles. The molecule has 118 valence electrons. The zero-order valence-electron chi connectivity index (χ0n) is 13.2. The molecule has 0 atom stereocenters. The Morgan fingerprint density at radius 1 is 1.04 bits per heavy atom. The van der Waals surface area contributed by atoms with E-state index < -0.39 is 0 Å². The van der Waals surface area contributed by atoms with Crippen LogP contribution in [0, 0.1) is 0 Å². The molecule has 3 aromatic rings. The van der Waals surface area contributed by atoms with Gasteiger partial charge in [-0.2, -0.15) is 4.57 Å². The number of ether oxygens (including phenoxy) is 2. The summed E-state index contributed by atoms with van der Waals surface area (Å²) >= 11 is 1.72. The van der Waals surface area contributed by atoms with Crippen molar-refractivity contribution in [3.63, 3.8) is 0 Å². The number of methoxy groups -OCH3 is 2. The maximum absolute atomic E-state index is 9.65. The number of aromatic nitrogens is 1. The Kier molecular flexibility index (Phi) is 4.21. The summed E-state index contributed by atoms with van der Waals surface area (Å²) in [7, 11) is 5.25. The van der Waals surface area contributed by atoms with E-state index in [9.17, 15) is 5.11 Å². The molecule has 0 spiro atoms. The molecular weight excluding hydrogens is 310 g/mol. The fourth-order valence-corrected chi connectivity index (χ4v) is 3.42. The van der Waals surface area contributed by atoms with Crippen molar-refractivity contribution in [3.8, 4) is 17.2 Å². The van der Waals surface area contributed by atoms with Crippen molar-refractivity contribution in [2.75, 3.05) is 14.2 Å². The molecule has 5 heteroatoms. The van der Waals surface area contributed by atoms with E-state index in [1.807, 2.05) is 37.4 Å². The number of phenolic OH excluding ortho intramolecular Hbond substituents is 1. The normalized spacial score (nSPS) is 11.3. The van der Waals surface area contributed by atoms with E-state index >= 15 is 0 Å². The summed E-state index contributed by atoms with van der Waals surface area (Å²) in [4.78, 5) is 0. The molecule has 1 N–H and O–H groups in total. The topological polar surface area (TPSA) is 42.6 Å². The molecule has 0 fully saturated rings. The number of thiazole rings is 1. The van der Waals surface area contributed by atoms with Crippen LogP contribution >= 0.6 is 11.3 Å². The van der Waals surface area contributed by atoms with E-state index in [1.54, 1.807) is 31.6 Å². The fourth-order valence-electron chi connectivity index (χ4n) is 2.38. The SMILES string of the molecule is COc1ccc2sc(/C=C/c3ccc(O)c(OC)c3)[n+](C)c2c1. The van der Waals surface area contributed by atoms with E-state index in [2.05, 4.69) is 16.7 Å². The Labute approximate surface area is 138 Å². The quantitative estimate of drug-likeness (QED) is 0.744. The summed E-state index contributed by atoms with van der Waals surface area (Å²) in [6.07, 6.45) is 4.06. The van der Waals surface area contributed by atoms with Crippen LogP contribution in [0.4, 0.5) is 0 Å². The van der Waals surface area contributed by atoms with E-state index in [0.29, 0.717) is 5.75 Å². The maximum Gasteiger partial charge on any atom is 0.262 e. The van der Waals surface area contributed by atoms with Gasteiger partial charge in [0.1, 0.15) is 17.5 Å². The van der Waals surface area contributed by atoms with Crippen molar-refractivity contribution in [1.82, 2.24) is 0 Å². The van der Waals surface area contributed by atoms with E-state index in [1.165, 1.54) is 4.70 Å². The van der Waals surface area contributed by atoms with Gasteiger partial charge in [-0.05, 0) is 35.9 Å². The first kappa shape index (κ1) is 15.4. The monoisotopic (exact) mass is 328 g/mol. The standard InChI is InChI=1S/C18H17NO3S/c1-19-14-11-13(21-2)6-8-17(14)23-18(19)9-5-12-4-7-15(20)16(10-12)22-3/h4-11H,1-3H3/p+1. The van der Waals surface area contributed by atoms with Gasteiger partial charge in [0.2, 0.25) is 5.52 Å². The number of aryl methyl sites for hydroxylation is 1. The predicted molar refractivity (Wildman–Crippen MR) is 93.1 cm³/mol. The molecule has 0 aliphatic heterocycles. The molecule has 23 heavy (non-hydrogen) atoms. The molecule has 1 aromatic heterocycles. The fraction of sp³-hybridized carbons (Fsp3) is 0.167. The Morgan fingerprint density at radius 2 is 1.87 bits per heavy atom. The number of phenols is 1. The van der Waals surface area contributed by atoms with Gasteiger partial charge in [0.15, 0.2) is 11.5 Å². The molecule has 3 rings (SSSR count). The average molecular weight is 328 g/mol. The summed E-state index contributed by atoms with van der Waals surface area (Å²) in [6.45, 7) is 0. The number of hydrogen-bond donors (Lipinski definition) is 1. The number of fused-ring (bicyclic) bond motifs is 1. The van der Waals surface area contributed by atoms with Crippen molar-refractivity contribution in [1.29, 1.82) is 0 Å². The summed E-state index contributed by atoms with van der Waals surface area (Å²) in [5, 5.41) is 10.8. The lowest BCUT2D eigenvalue weighted by atomic mass is 10.2. The van der Waals surface area contributed by atoms with Gasteiger partial charge in [-0.15, -0.1) is 0 Å². The van der Waals surface area contributed by atoms with Gasteiger partial charge in [-0.3, -0.25) is 0 Å². The molecule has 0 unspecified atom stereocenters. The highest BCUT2D eigenvalue weighted by atomic mass is 32.1. The maximum atomic E-state index is 9.65. The van der Waals surface area contributed by atoms with E-state index in [0.717, 1.165) is 21.8 Å². The van der Waals surface area contributed by atoms with Crippen LogP contribution < -0.4 is 14.0 Å². The van der Waals surface area contributed by atoms with Gasteiger partial charge in [0.05, 0.1) is 20.3 Å². The second kappa shape index (κ2) is 6.30. The molecule has 2 aromatic carbocycles. The summed E-state index contributed by atoms with van der Waals surface area (Å²) in [5.74, 6) is 1.46. The Morgan fingerprint density at radius 3 is 2.61 bits per heavy atom. The lowest BCUT2D eigenvalue weighted by Crippen LogP contribution is -2.28. The minimum atomic E-state index is 0.143. The van der Waals surface area contributed by atoms with Crippen LogP contribution in [0.2, 0.25) is 0 Å². The highest BCUT2D eigenvalue weighted by Crippen LogP contribution is 2.28. The van der Waals surface area contributed by atoms with Crippen molar-refractivity contribution >= 4 is 33.7 Å². The van der Waals surface area contributed by atoms with Crippen LogP contribution in [0.3, 0.4) is 0 Å². The third kappa shape index (κ3) is 3.00. The molecule has 0 bridgehead atoms. The van der Waals surface area contributed by atoms with Gasteiger partial charge in [-0.25, -0.2) is 0 Å². The lowest BCUT2D eigenvalue weighted by molar-refractivity contribution is -0.642. The van der Waals surface area contributed by atoms with Gasteiger partial charge in [0.25, 0.3) is 5.01 Å². The molecule has 0 amide bonds. The lowest BCUT2D eigenvalue weighted by Gasteiger charge is -2.03. The Balaban J connectivity index is 1.96. The van der Waals surface area contributed by atoms with Crippen molar-refractivity contribution in [2.24, 2.45) is 7.05 Å². The first-order valence-electron chi connectivity index (χ1n) is 7.14. The zero-order valence-corrected chi connectivity index (χ0v) is 14.1. The molecule has 0 radical (unpaired) electrons. The molecule has 4 nitrogen and oxygen atoms in total. The van der Waals surface area contributed by atoms with Crippen molar-refractivity contribution in [2.45, 2.75) is 0 Å². The van der Waals surface area contributed by atoms with Crippen LogP contribution in [0.15, 0.2) is 36.4 Å². The zero-order chi connectivity index (χ0) is 16.4. The second-order valence-electron chi connectivity index (χ2n) is 5.10. The first-order chi connectivity index (χ1) is 11.1. The minimum Gasteiger partial charge on any atom is -0.504 e. The van der Waals surface area contributed by atoms with Gasteiger partial charge in [-0.1, -0.05) is 17.4 Å². The number of nitrogens with zero attached hydrogens (tertiary/aromatic N) is 1. The molecular formula is C18H18NO3S+. The van der Waals surface area contributed by atoms with Crippen LogP contribution in [0.1, 0.15) is 10.6 Å². The van der Waals surface area contributed by atoms with E-state index in [-0.39, 0.29) is 5.75 Å². The third-order valence-corrected chi connectivity index (χ3v) is 4.88. The van der Waals surface area contributed by atoms with Gasteiger partial charge < -0.3 is 14.6 Å². The largest absolute Gasteiger partial charge is 0.504 e. The number of rotatable bonds is 4. The van der Waals surface area contributed by atoms with Crippen LogP contribution in [0.25, 0.3) is 22.4 Å². The summed E-state index contributed by atoms with van der Waals surface area (Å²) < 4.78 is 13.8. The molecule has 1 heterocycles. The predicted octanol–water partition coefficient (Wildman–Crippen LogP) is 3.62. The van der Waals surface area contributed by atoms with Crippen molar-refractivity contribution < 1.29 is 19.1 Å². The number of hydrogen-bond acceptors (Lipinski definition) is 4. The van der Waals surface area contributed by atoms with Crippen molar-refractivity contribution in [3.05, 3.63) is 47.0 Å². The van der Waals surface area contributed by atoms with Crippen LogP contribution in [0.5, 0.6) is 17.2 Å². The second-order valence-corrected chi connectivity index (χ2v) is 6.16. The smallest absolute Gasteiger partial charge is 0.262 e. The van der Waals surface area contributed by atoms with Crippen LogP contribution in [-0.4, -0.2) is 19.3 Å². The third-order valence-electron chi connectivity index (χ3n) is 3.69. The molecule has 0 saturated heterocycles. The number of aromatic hydroxyl groups is 1. The first-order valence-corrected chi connectivity index (χ1v) is 7.95.